The molecule has 1 fully saturated rings. The normalized spacial score (nSPS) is 17.7. The fourth-order valence-corrected chi connectivity index (χ4v) is 1.73. The molecule has 0 aromatic rings. The van der Waals surface area contributed by atoms with E-state index in [0.717, 1.165) is 32.6 Å². The number of nitrogens with zero attached hydrogens (tertiary/aromatic N) is 2. The molecule has 0 saturated carbocycles. The minimum Gasteiger partial charge on any atom is -0.359 e. The lowest BCUT2D eigenvalue weighted by Gasteiger charge is -2.29. The molecule has 1 aliphatic heterocycles. The Balaban J connectivity index is 2.63. The standard InChI is InChI=1S/C10H15N3S/c1-2-3-9(8-11)10(14)13-6-4-12-5-7-13/h3,12H,2,4-7H2,1H3. The number of piperazine rings is 1. The van der Waals surface area contributed by atoms with Crippen LogP contribution in [0.2, 0.25) is 0 Å². The maximum atomic E-state index is 8.91. The first kappa shape index (κ1) is 11.2. The molecule has 0 aliphatic carbocycles. The highest BCUT2D eigenvalue weighted by Crippen LogP contribution is 2.06. The van der Waals surface area contributed by atoms with E-state index in [2.05, 4.69) is 16.3 Å². The Labute approximate surface area is 90.4 Å². The summed E-state index contributed by atoms with van der Waals surface area (Å²) in [5.74, 6) is 0. The minimum atomic E-state index is 0.643. The van der Waals surface area contributed by atoms with Crippen LogP contribution in [0.5, 0.6) is 0 Å². The summed E-state index contributed by atoms with van der Waals surface area (Å²) < 4.78 is 0. The van der Waals surface area contributed by atoms with Crippen LogP contribution in [0.4, 0.5) is 0 Å². The first-order chi connectivity index (χ1) is 6.79. The Bertz CT molecular complexity index is 272. The van der Waals surface area contributed by atoms with Crippen LogP contribution < -0.4 is 5.32 Å². The summed E-state index contributed by atoms with van der Waals surface area (Å²) in [6.07, 6.45) is 2.75. The van der Waals surface area contributed by atoms with Gasteiger partial charge < -0.3 is 10.2 Å². The first-order valence-electron chi connectivity index (χ1n) is 4.89. The molecule has 0 radical (unpaired) electrons. The molecule has 1 heterocycles. The van der Waals surface area contributed by atoms with Crippen molar-refractivity contribution in [2.24, 2.45) is 0 Å². The maximum Gasteiger partial charge on any atom is 0.119 e. The van der Waals surface area contributed by atoms with Gasteiger partial charge in [-0.25, -0.2) is 0 Å². The summed E-state index contributed by atoms with van der Waals surface area (Å²) in [7, 11) is 0. The van der Waals surface area contributed by atoms with Crippen molar-refractivity contribution in [2.45, 2.75) is 13.3 Å². The predicted octanol–water partition coefficient (Wildman–Crippen LogP) is 1.08. The van der Waals surface area contributed by atoms with Gasteiger partial charge in [0.05, 0.1) is 5.57 Å². The smallest absolute Gasteiger partial charge is 0.119 e. The zero-order valence-corrected chi connectivity index (χ0v) is 9.23. The Morgan fingerprint density at radius 3 is 2.71 bits per heavy atom. The molecule has 14 heavy (non-hydrogen) atoms. The highest BCUT2D eigenvalue weighted by molar-refractivity contribution is 7.80. The van der Waals surface area contributed by atoms with E-state index in [1.54, 1.807) is 0 Å². The minimum absolute atomic E-state index is 0.643. The van der Waals surface area contributed by atoms with Gasteiger partial charge in [-0.15, -0.1) is 0 Å². The van der Waals surface area contributed by atoms with Crippen molar-refractivity contribution in [3.63, 3.8) is 0 Å². The van der Waals surface area contributed by atoms with Crippen LogP contribution in [0, 0.1) is 11.3 Å². The number of allylic oxidation sites excluding steroid dienone is 1. The molecule has 1 aliphatic rings. The predicted molar refractivity (Wildman–Crippen MR) is 61.0 cm³/mol. The first-order valence-corrected chi connectivity index (χ1v) is 5.30. The van der Waals surface area contributed by atoms with Gasteiger partial charge in [-0.1, -0.05) is 25.2 Å². The lowest BCUT2D eigenvalue weighted by molar-refractivity contribution is 0.363. The molecule has 1 rings (SSSR count). The Morgan fingerprint density at radius 2 is 2.21 bits per heavy atom. The van der Waals surface area contributed by atoms with Crippen LogP contribution in [0.15, 0.2) is 11.6 Å². The number of hydrogen-bond donors (Lipinski definition) is 1. The van der Waals surface area contributed by atoms with E-state index in [1.807, 2.05) is 13.0 Å². The molecule has 1 N–H and O–H groups in total. The van der Waals surface area contributed by atoms with E-state index in [1.165, 1.54) is 0 Å². The summed E-state index contributed by atoms with van der Waals surface area (Å²) >= 11 is 5.27. The number of nitrogens with one attached hydrogen (secondary N) is 1. The molecule has 0 spiro atoms. The van der Waals surface area contributed by atoms with Gasteiger partial charge in [0.15, 0.2) is 0 Å². The number of hydrogen-bond acceptors (Lipinski definition) is 3. The third kappa shape index (κ3) is 2.79. The number of nitriles is 1. The molecule has 0 atom stereocenters. The van der Waals surface area contributed by atoms with Gasteiger partial charge in [-0.05, 0) is 6.42 Å². The molecule has 3 nitrogen and oxygen atoms in total. The Kier molecular flexibility index (Phi) is 4.57. The molecule has 1 saturated heterocycles. The van der Waals surface area contributed by atoms with Crippen molar-refractivity contribution >= 4 is 17.2 Å². The highest BCUT2D eigenvalue weighted by Gasteiger charge is 2.15. The van der Waals surface area contributed by atoms with Crippen LogP contribution in [-0.2, 0) is 0 Å². The van der Waals surface area contributed by atoms with Crippen molar-refractivity contribution in [3.05, 3.63) is 11.6 Å². The second kappa shape index (κ2) is 5.74. The highest BCUT2D eigenvalue weighted by atomic mass is 32.1. The SMILES string of the molecule is CCC=C(C#N)C(=S)N1CCNCC1. The molecule has 0 aromatic heterocycles. The van der Waals surface area contributed by atoms with E-state index in [4.69, 9.17) is 17.5 Å². The summed E-state index contributed by atoms with van der Waals surface area (Å²) in [4.78, 5) is 2.80. The van der Waals surface area contributed by atoms with Gasteiger partial charge in [-0.2, -0.15) is 5.26 Å². The second-order valence-electron chi connectivity index (χ2n) is 3.18. The van der Waals surface area contributed by atoms with Crippen LogP contribution >= 0.6 is 12.2 Å². The second-order valence-corrected chi connectivity index (χ2v) is 3.57. The fourth-order valence-electron chi connectivity index (χ4n) is 1.42. The van der Waals surface area contributed by atoms with Crippen molar-refractivity contribution < 1.29 is 0 Å². The summed E-state index contributed by atoms with van der Waals surface area (Å²) in [6, 6.07) is 2.16. The third-order valence-electron chi connectivity index (χ3n) is 2.16. The van der Waals surface area contributed by atoms with E-state index in [-0.39, 0.29) is 0 Å². The van der Waals surface area contributed by atoms with Crippen molar-refractivity contribution in [1.82, 2.24) is 10.2 Å². The Hall–Kier alpha value is -0.920. The zero-order valence-electron chi connectivity index (χ0n) is 8.42. The summed E-state index contributed by atoms with van der Waals surface area (Å²) in [5.41, 5.74) is 0.643. The van der Waals surface area contributed by atoms with E-state index < -0.39 is 0 Å². The van der Waals surface area contributed by atoms with Crippen molar-refractivity contribution in [3.8, 4) is 6.07 Å². The van der Waals surface area contributed by atoms with Gasteiger partial charge >= 0.3 is 0 Å². The lowest BCUT2D eigenvalue weighted by atomic mass is 10.2. The topological polar surface area (TPSA) is 39.1 Å². The largest absolute Gasteiger partial charge is 0.359 e. The zero-order chi connectivity index (χ0) is 10.4. The van der Waals surface area contributed by atoms with Gasteiger partial charge in [0.25, 0.3) is 0 Å². The molecule has 0 amide bonds. The average Bonchev–Trinajstić information content (AvgIpc) is 2.26. The van der Waals surface area contributed by atoms with Crippen LogP contribution in [-0.4, -0.2) is 36.1 Å². The van der Waals surface area contributed by atoms with Gasteiger partial charge in [0.2, 0.25) is 0 Å². The molecular formula is C10H15N3S. The molecule has 76 valence electrons. The quantitative estimate of drug-likeness (QED) is 0.419. The van der Waals surface area contributed by atoms with E-state index in [9.17, 15) is 0 Å². The lowest BCUT2D eigenvalue weighted by Crippen LogP contribution is -2.46. The van der Waals surface area contributed by atoms with E-state index in [0.29, 0.717) is 10.6 Å². The molecule has 0 aromatic carbocycles. The number of rotatable bonds is 2. The Morgan fingerprint density at radius 1 is 1.57 bits per heavy atom. The van der Waals surface area contributed by atoms with Gasteiger partial charge in [-0.3, -0.25) is 0 Å². The maximum absolute atomic E-state index is 8.91. The fraction of sp³-hybridized carbons (Fsp3) is 0.600. The van der Waals surface area contributed by atoms with Crippen LogP contribution in [0.1, 0.15) is 13.3 Å². The van der Waals surface area contributed by atoms with E-state index >= 15 is 0 Å². The van der Waals surface area contributed by atoms with Gasteiger partial charge in [0, 0.05) is 26.2 Å². The average molecular weight is 209 g/mol. The van der Waals surface area contributed by atoms with Crippen molar-refractivity contribution in [1.29, 1.82) is 5.26 Å². The summed E-state index contributed by atoms with van der Waals surface area (Å²) in [6.45, 7) is 5.72. The molecule has 0 bridgehead atoms. The van der Waals surface area contributed by atoms with Crippen LogP contribution in [0.25, 0.3) is 0 Å². The molecule has 0 unspecified atom stereocenters. The number of thiocarbonyl (C=S) groups is 1. The van der Waals surface area contributed by atoms with Crippen molar-refractivity contribution in [2.75, 3.05) is 26.2 Å². The van der Waals surface area contributed by atoms with Gasteiger partial charge in [0.1, 0.15) is 11.1 Å². The monoisotopic (exact) mass is 209 g/mol. The molecule has 4 heteroatoms. The van der Waals surface area contributed by atoms with Crippen LogP contribution in [0.3, 0.4) is 0 Å². The summed E-state index contributed by atoms with van der Waals surface area (Å²) in [5, 5.41) is 12.2. The third-order valence-corrected chi connectivity index (χ3v) is 2.64. The molecular weight excluding hydrogens is 194 g/mol.